The number of nitriles is 1. The summed E-state index contributed by atoms with van der Waals surface area (Å²) in [5.41, 5.74) is 5.75. The molecule has 0 radical (unpaired) electrons. The molecule has 70 valence electrons. The number of primary amides is 1. The molecule has 14 heavy (non-hydrogen) atoms. The Balaban J connectivity index is 3.48. The van der Waals surface area contributed by atoms with Gasteiger partial charge in [0.25, 0.3) is 0 Å². The Bertz CT molecular complexity index is 449. The second-order valence-electron chi connectivity index (χ2n) is 2.52. The van der Waals surface area contributed by atoms with Gasteiger partial charge in [-0.1, -0.05) is 0 Å². The van der Waals surface area contributed by atoms with E-state index in [0.717, 1.165) is 0 Å². The molecule has 0 aliphatic heterocycles. The Morgan fingerprint density at radius 2 is 2.21 bits per heavy atom. The van der Waals surface area contributed by atoms with Crippen LogP contribution in [0.4, 0.5) is 0 Å². The summed E-state index contributed by atoms with van der Waals surface area (Å²) in [5.74, 6) is -0.615. The first-order valence-corrected chi connectivity index (χ1v) is 4.66. The topological polar surface area (TPSA) is 83.9 Å². The predicted octanol–water partition coefficient (Wildman–Crippen LogP) is 1.07. The van der Waals surface area contributed by atoms with E-state index < -0.39 is 5.91 Å². The number of rotatable bonds is 2. The van der Waals surface area contributed by atoms with Crippen molar-refractivity contribution in [3.63, 3.8) is 0 Å². The molecule has 1 aromatic carbocycles. The number of carbonyl (C=O) groups is 2. The lowest BCUT2D eigenvalue weighted by Crippen LogP contribution is -2.12. The molecule has 0 heterocycles. The monoisotopic (exact) mass is 300 g/mol. The quantitative estimate of drug-likeness (QED) is 0.655. The van der Waals surface area contributed by atoms with Crippen LogP contribution in [0.3, 0.4) is 0 Å². The summed E-state index contributed by atoms with van der Waals surface area (Å²) in [7, 11) is 0. The maximum Gasteiger partial charge on any atom is 0.248 e. The molecule has 5 heteroatoms. The Morgan fingerprint density at radius 1 is 1.57 bits per heavy atom. The Hall–Kier alpha value is -1.42. The number of aldehydes is 1. The minimum absolute atomic E-state index is 0.188. The lowest BCUT2D eigenvalue weighted by molar-refractivity contribution is 0.1000. The van der Waals surface area contributed by atoms with Crippen LogP contribution < -0.4 is 5.73 Å². The number of nitrogens with two attached hydrogens (primary N) is 1. The average molecular weight is 300 g/mol. The van der Waals surface area contributed by atoms with Crippen molar-refractivity contribution in [1.29, 1.82) is 5.26 Å². The van der Waals surface area contributed by atoms with Gasteiger partial charge in [-0.3, -0.25) is 9.59 Å². The van der Waals surface area contributed by atoms with Crippen molar-refractivity contribution in [3.8, 4) is 6.07 Å². The molecular weight excluding hydrogens is 295 g/mol. The fraction of sp³-hybridized carbons (Fsp3) is 0. The zero-order chi connectivity index (χ0) is 10.7. The van der Waals surface area contributed by atoms with Crippen LogP contribution in [-0.4, -0.2) is 12.2 Å². The van der Waals surface area contributed by atoms with Gasteiger partial charge in [0.1, 0.15) is 6.07 Å². The number of carbonyl (C=O) groups excluding carboxylic acids is 2. The van der Waals surface area contributed by atoms with E-state index in [1.54, 1.807) is 0 Å². The highest BCUT2D eigenvalue weighted by Gasteiger charge is 2.10. The van der Waals surface area contributed by atoms with Crippen molar-refractivity contribution in [2.75, 3.05) is 0 Å². The molecule has 1 aromatic rings. The van der Waals surface area contributed by atoms with E-state index in [2.05, 4.69) is 0 Å². The highest BCUT2D eigenvalue weighted by atomic mass is 127. The number of hydrogen-bond donors (Lipinski definition) is 1. The van der Waals surface area contributed by atoms with Gasteiger partial charge in [0.05, 0.1) is 5.56 Å². The number of benzene rings is 1. The van der Waals surface area contributed by atoms with Crippen molar-refractivity contribution >= 4 is 34.8 Å². The van der Waals surface area contributed by atoms with Crippen molar-refractivity contribution in [1.82, 2.24) is 0 Å². The van der Waals surface area contributed by atoms with Gasteiger partial charge < -0.3 is 5.73 Å². The van der Waals surface area contributed by atoms with Gasteiger partial charge >= 0.3 is 0 Å². The molecule has 4 nitrogen and oxygen atoms in total. The van der Waals surface area contributed by atoms with Crippen molar-refractivity contribution in [3.05, 3.63) is 32.4 Å². The third kappa shape index (κ3) is 1.90. The molecule has 0 spiro atoms. The largest absolute Gasteiger partial charge is 0.366 e. The second-order valence-corrected chi connectivity index (χ2v) is 3.68. The molecule has 0 aliphatic rings. The van der Waals surface area contributed by atoms with E-state index >= 15 is 0 Å². The maximum atomic E-state index is 10.8. The van der Waals surface area contributed by atoms with Gasteiger partial charge in [-0.25, -0.2) is 0 Å². The van der Waals surface area contributed by atoms with Crippen molar-refractivity contribution in [2.24, 2.45) is 5.73 Å². The molecule has 0 fully saturated rings. The van der Waals surface area contributed by atoms with Crippen LogP contribution in [0.2, 0.25) is 0 Å². The lowest BCUT2D eigenvalue weighted by atomic mass is 10.1. The van der Waals surface area contributed by atoms with Gasteiger partial charge in [-0.2, -0.15) is 5.26 Å². The van der Waals surface area contributed by atoms with E-state index in [-0.39, 0.29) is 16.7 Å². The van der Waals surface area contributed by atoms with Gasteiger partial charge in [-0.05, 0) is 34.7 Å². The van der Waals surface area contributed by atoms with Crippen LogP contribution in [0, 0.1) is 14.9 Å². The Labute approximate surface area is 93.8 Å². The van der Waals surface area contributed by atoms with Crippen LogP contribution in [0.5, 0.6) is 0 Å². The van der Waals surface area contributed by atoms with E-state index in [0.29, 0.717) is 9.86 Å². The van der Waals surface area contributed by atoms with Crippen LogP contribution in [0.25, 0.3) is 0 Å². The SMILES string of the molecule is N#Cc1c(I)cc(C(N)=O)cc1C=O. The minimum Gasteiger partial charge on any atom is -0.366 e. The zero-order valence-electron chi connectivity index (χ0n) is 6.95. The first-order chi connectivity index (χ1) is 6.60. The smallest absolute Gasteiger partial charge is 0.248 e. The van der Waals surface area contributed by atoms with Gasteiger partial charge in [-0.15, -0.1) is 0 Å². The predicted molar refractivity (Wildman–Crippen MR) is 57.8 cm³/mol. The van der Waals surface area contributed by atoms with Crippen LogP contribution >= 0.6 is 22.6 Å². The molecule has 1 amide bonds. The fourth-order valence-corrected chi connectivity index (χ4v) is 1.75. The molecule has 1 rings (SSSR count). The van der Waals surface area contributed by atoms with Crippen molar-refractivity contribution in [2.45, 2.75) is 0 Å². The van der Waals surface area contributed by atoms with Crippen LogP contribution in [-0.2, 0) is 0 Å². The van der Waals surface area contributed by atoms with Crippen LogP contribution in [0.1, 0.15) is 26.3 Å². The van der Waals surface area contributed by atoms with Crippen molar-refractivity contribution < 1.29 is 9.59 Å². The summed E-state index contributed by atoms with van der Waals surface area (Å²) in [6, 6.07) is 4.69. The summed E-state index contributed by atoms with van der Waals surface area (Å²) in [5, 5.41) is 8.73. The van der Waals surface area contributed by atoms with E-state index in [9.17, 15) is 9.59 Å². The molecule has 0 unspecified atom stereocenters. The van der Waals surface area contributed by atoms with Crippen LogP contribution in [0.15, 0.2) is 12.1 Å². The molecular formula is C9H5IN2O2. The first-order valence-electron chi connectivity index (χ1n) is 3.58. The zero-order valence-corrected chi connectivity index (χ0v) is 9.11. The van der Waals surface area contributed by atoms with E-state index in [1.807, 2.05) is 28.7 Å². The highest BCUT2D eigenvalue weighted by Crippen LogP contribution is 2.17. The molecule has 0 bridgehead atoms. The van der Waals surface area contributed by atoms with E-state index in [1.165, 1.54) is 12.1 Å². The summed E-state index contributed by atoms with van der Waals surface area (Å²) >= 11 is 1.88. The number of amides is 1. The Kier molecular flexibility index (Phi) is 3.19. The maximum absolute atomic E-state index is 10.8. The third-order valence-electron chi connectivity index (χ3n) is 1.64. The molecule has 0 aliphatic carbocycles. The molecule has 2 N–H and O–H groups in total. The summed E-state index contributed by atoms with van der Waals surface area (Å²) in [6.07, 6.45) is 0.535. The summed E-state index contributed by atoms with van der Waals surface area (Å²) in [6.45, 7) is 0. The number of hydrogen-bond acceptors (Lipinski definition) is 3. The first kappa shape index (κ1) is 10.7. The molecule has 0 saturated carbocycles. The lowest BCUT2D eigenvalue weighted by Gasteiger charge is -2.01. The van der Waals surface area contributed by atoms with Gasteiger partial charge in [0.2, 0.25) is 5.91 Å². The number of halogens is 1. The molecule has 0 saturated heterocycles. The standard InChI is InChI=1S/C9H5IN2O2/c10-8-2-5(9(12)14)1-6(4-13)7(8)3-11/h1-2,4H,(H2,12,14). The normalized spacial score (nSPS) is 9.14. The summed E-state index contributed by atoms with van der Waals surface area (Å²) in [4.78, 5) is 21.4. The highest BCUT2D eigenvalue weighted by molar-refractivity contribution is 14.1. The fourth-order valence-electron chi connectivity index (χ4n) is 0.981. The molecule has 0 aromatic heterocycles. The Morgan fingerprint density at radius 3 is 2.64 bits per heavy atom. The average Bonchev–Trinajstić information content (AvgIpc) is 2.16. The summed E-state index contributed by atoms with van der Waals surface area (Å²) < 4.78 is 0.545. The number of nitrogens with zero attached hydrogens (tertiary/aromatic N) is 1. The van der Waals surface area contributed by atoms with E-state index in [4.69, 9.17) is 11.0 Å². The molecule has 0 atom stereocenters. The third-order valence-corrected chi connectivity index (χ3v) is 2.49. The minimum atomic E-state index is -0.615. The van der Waals surface area contributed by atoms with Gasteiger partial charge in [0, 0.05) is 14.7 Å². The van der Waals surface area contributed by atoms with Gasteiger partial charge in [0.15, 0.2) is 6.29 Å². The second kappa shape index (κ2) is 4.19.